The van der Waals surface area contributed by atoms with Crippen LogP contribution in [0.2, 0.25) is 0 Å². The van der Waals surface area contributed by atoms with Gasteiger partial charge in [-0.15, -0.1) is 0 Å². The molecular weight excluding hydrogens is 260 g/mol. The molecule has 0 atom stereocenters. The lowest BCUT2D eigenvalue weighted by Crippen LogP contribution is -2.16. The van der Waals surface area contributed by atoms with E-state index in [-0.39, 0.29) is 5.78 Å². The van der Waals surface area contributed by atoms with Crippen molar-refractivity contribution in [3.8, 4) is 11.5 Å². The molecule has 0 spiro atoms. The van der Waals surface area contributed by atoms with E-state index < -0.39 is 0 Å². The van der Waals surface area contributed by atoms with Crippen LogP contribution in [0.1, 0.15) is 12.5 Å². The van der Waals surface area contributed by atoms with Crippen molar-refractivity contribution >= 4 is 21.7 Å². The van der Waals surface area contributed by atoms with Crippen LogP contribution in [-0.2, 0) is 11.2 Å². The summed E-state index contributed by atoms with van der Waals surface area (Å²) in [4.78, 5) is 11.0. The van der Waals surface area contributed by atoms with Gasteiger partial charge in [0.1, 0.15) is 19.0 Å². The molecule has 4 heteroatoms. The van der Waals surface area contributed by atoms with Crippen LogP contribution in [0.4, 0.5) is 0 Å². The molecule has 1 aromatic carbocycles. The summed E-state index contributed by atoms with van der Waals surface area (Å²) in [6.45, 7) is 2.70. The first kappa shape index (κ1) is 10.5. The van der Waals surface area contributed by atoms with E-state index in [1.54, 1.807) is 6.92 Å². The molecule has 1 heterocycles. The van der Waals surface area contributed by atoms with Crippen molar-refractivity contribution in [3.63, 3.8) is 0 Å². The zero-order valence-electron chi connectivity index (χ0n) is 8.38. The first-order chi connectivity index (χ1) is 7.16. The number of hydrogen-bond donors (Lipinski definition) is 0. The van der Waals surface area contributed by atoms with Gasteiger partial charge in [-0.25, -0.2) is 0 Å². The van der Waals surface area contributed by atoms with Gasteiger partial charge in [0.05, 0.1) is 4.47 Å². The fraction of sp³-hybridized carbons (Fsp3) is 0.364. The lowest BCUT2D eigenvalue weighted by Gasteiger charge is -2.20. The standard InChI is InChI=1S/C11H11BrO3/c1-7(13)4-8-5-9(12)11-10(6-8)14-2-3-15-11/h5-6H,2-4H2,1H3. The second-order valence-corrected chi connectivity index (χ2v) is 4.33. The zero-order valence-corrected chi connectivity index (χ0v) is 9.96. The highest BCUT2D eigenvalue weighted by Crippen LogP contribution is 2.38. The molecule has 15 heavy (non-hydrogen) atoms. The van der Waals surface area contributed by atoms with E-state index >= 15 is 0 Å². The molecule has 0 radical (unpaired) electrons. The van der Waals surface area contributed by atoms with Crippen LogP contribution < -0.4 is 9.47 Å². The van der Waals surface area contributed by atoms with Crippen molar-refractivity contribution in [1.29, 1.82) is 0 Å². The average Bonchev–Trinajstić information content (AvgIpc) is 2.16. The van der Waals surface area contributed by atoms with E-state index in [2.05, 4.69) is 15.9 Å². The van der Waals surface area contributed by atoms with Gasteiger partial charge in [0.2, 0.25) is 0 Å². The maximum Gasteiger partial charge on any atom is 0.175 e. The van der Waals surface area contributed by atoms with E-state index in [9.17, 15) is 4.79 Å². The van der Waals surface area contributed by atoms with Crippen molar-refractivity contribution < 1.29 is 14.3 Å². The van der Waals surface area contributed by atoms with Gasteiger partial charge in [-0.1, -0.05) is 0 Å². The number of fused-ring (bicyclic) bond motifs is 1. The number of hydrogen-bond acceptors (Lipinski definition) is 3. The number of Topliss-reactive ketones (excluding diaryl/α,β-unsaturated/α-hetero) is 1. The Bertz CT molecular complexity index is 401. The van der Waals surface area contributed by atoms with E-state index in [0.29, 0.717) is 25.4 Å². The minimum absolute atomic E-state index is 0.138. The Hall–Kier alpha value is -1.03. The molecule has 3 nitrogen and oxygen atoms in total. The van der Waals surface area contributed by atoms with Gasteiger partial charge in [0.15, 0.2) is 11.5 Å². The topological polar surface area (TPSA) is 35.5 Å². The van der Waals surface area contributed by atoms with Crippen LogP contribution in [-0.4, -0.2) is 19.0 Å². The highest BCUT2D eigenvalue weighted by Gasteiger charge is 2.16. The molecule has 0 amide bonds. The van der Waals surface area contributed by atoms with Gasteiger partial charge in [-0.3, -0.25) is 4.79 Å². The second kappa shape index (κ2) is 4.23. The summed E-state index contributed by atoms with van der Waals surface area (Å²) in [5, 5.41) is 0. The van der Waals surface area contributed by atoms with Crippen LogP contribution >= 0.6 is 15.9 Å². The Morgan fingerprint density at radius 1 is 1.40 bits per heavy atom. The van der Waals surface area contributed by atoms with Crippen molar-refractivity contribution in [2.24, 2.45) is 0 Å². The SMILES string of the molecule is CC(=O)Cc1cc(Br)c2c(c1)OCCO2. The quantitative estimate of drug-likeness (QED) is 0.828. The van der Waals surface area contributed by atoms with Crippen LogP contribution in [0.5, 0.6) is 11.5 Å². The minimum Gasteiger partial charge on any atom is -0.486 e. The number of benzene rings is 1. The number of halogens is 1. The zero-order chi connectivity index (χ0) is 10.8. The molecule has 0 saturated carbocycles. The smallest absolute Gasteiger partial charge is 0.175 e. The largest absolute Gasteiger partial charge is 0.486 e. The lowest BCUT2D eigenvalue weighted by molar-refractivity contribution is -0.116. The fourth-order valence-corrected chi connectivity index (χ4v) is 2.16. The van der Waals surface area contributed by atoms with E-state index in [4.69, 9.17) is 9.47 Å². The maximum absolute atomic E-state index is 11.0. The number of carbonyl (C=O) groups excluding carboxylic acids is 1. The molecular formula is C11H11BrO3. The Balaban J connectivity index is 2.36. The van der Waals surface area contributed by atoms with Crippen molar-refractivity contribution in [3.05, 3.63) is 22.2 Å². The van der Waals surface area contributed by atoms with Crippen molar-refractivity contribution in [2.45, 2.75) is 13.3 Å². The molecule has 80 valence electrons. The first-order valence-corrected chi connectivity index (χ1v) is 5.53. The molecule has 0 bridgehead atoms. The number of rotatable bonds is 2. The van der Waals surface area contributed by atoms with E-state index in [1.165, 1.54) is 0 Å². The summed E-state index contributed by atoms with van der Waals surface area (Å²) >= 11 is 3.41. The molecule has 0 fully saturated rings. The van der Waals surface area contributed by atoms with Gasteiger partial charge in [0, 0.05) is 6.42 Å². The molecule has 0 aromatic heterocycles. The van der Waals surface area contributed by atoms with E-state index in [1.807, 2.05) is 12.1 Å². The Morgan fingerprint density at radius 2 is 2.13 bits per heavy atom. The van der Waals surface area contributed by atoms with Crippen LogP contribution in [0.15, 0.2) is 16.6 Å². The monoisotopic (exact) mass is 270 g/mol. The summed E-state index contributed by atoms with van der Waals surface area (Å²) in [5.74, 6) is 1.58. The van der Waals surface area contributed by atoms with Gasteiger partial charge >= 0.3 is 0 Å². The minimum atomic E-state index is 0.138. The Labute approximate surface area is 96.5 Å². The number of ketones is 1. The average molecular weight is 271 g/mol. The summed E-state index contributed by atoms with van der Waals surface area (Å²) in [6, 6.07) is 3.76. The molecule has 0 aliphatic carbocycles. The molecule has 1 aromatic rings. The molecule has 0 saturated heterocycles. The van der Waals surface area contributed by atoms with Crippen molar-refractivity contribution in [1.82, 2.24) is 0 Å². The van der Waals surface area contributed by atoms with Crippen LogP contribution in [0.3, 0.4) is 0 Å². The lowest BCUT2D eigenvalue weighted by atomic mass is 10.1. The normalized spacial score (nSPS) is 13.7. The third-order valence-corrected chi connectivity index (χ3v) is 2.70. The molecule has 0 unspecified atom stereocenters. The summed E-state index contributed by atoms with van der Waals surface area (Å²) in [5.41, 5.74) is 0.943. The molecule has 2 rings (SSSR count). The highest BCUT2D eigenvalue weighted by atomic mass is 79.9. The predicted octanol–water partition coefficient (Wildman–Crippen LogP) is 2.35. The highest BCUT2D eigenvalue weighted by molar-refractivity contribution is 9.10. The third-order valence-electron chi connectivity index (χ3n) is 2.11. The fourth-order valence-electron chi connectivity index (χ4n) is 1.55. The van der Waals surface area contributed by atoms with E-state index in [0.717, 1.165) is 15.8 Å². The Morgan fingerprint density at radius 3 is 2.87 bits per heavy atom. The Kier molecular flexibility index (Phi) is 2.95. The second-order valence-electron chi connectivity index (χ2n) is 3.48. The molecule has 0 N–H and O–H groups in total. The predicted molar refractivity (Wildman–Crippen MR) is 59.5 cm³/mol. The molecule has 1 aliphatic heterocycles. The summed E-state index contributed by atoms with van der Waals surface area (Å²) in [7, 11) is 0. The maximum atomic E-state index is 11.0. The van der Waals surface area contributed by atoms with Gasteiger partial charge in [0.25, 0.3) is 0 Å². The van der Waals surface area contributed by atoms with Crippen LogP contribution in [0.25, 0.3) is 0 Å². The number of carbonyl (C=O) groups is 1. The van der Waals surface area contributed by atoms with Gasteiger partial charge in [-0.05, 0) is 40.5 Å². The molecule has 1 aliphatic rings. The third kappa shape index (κ3) is 2.31. The summed E-state index contributed by atoms with van der Waals surface area (Å²) < 4.78 is 11.8. The van der Waals surface area contributed by atoms with Gasteiger partial charge < -0.3 is 9.47 Å². The van der Waals surface area contributed by atoms with Crippen LogP contribution in [0, 0.1) is 0 Å². The van der Waals surface area contributed by atoms with Gasteiger partial charge in [-0.2, -0.15) is 0 Å². The summed E-state index contributed by atoms with van der Waals surface area (Å²) in [6.07, 6.45) is 0.426. The number of ether oxygens (including phenoxy) is 2. The first-order valence-electron chi connectivity index (χ1n) is 4.74. The van der Waals surface area contributed by atoms with Crippen molar-refractivity contribution in [2.75, 3.05) is 13.2 Å².